The summed E-state index contributed by atoms with van der Waals surface area (Å²) in [5, 5.41) is 11.9. The Bertz CT molecular complexity index is 1410. The molecule has 10 heteroatoms. The van der Waals surface area contributed by atoms with E-state index in [2.05, 4.69) is 5.32 Å². The van der Waals surface area contributed by atoms with E-state index in [0.717, 1.165) is 17.5 Å². The summed E-state index contributed by atoms with van der Waals surface area (Å²) >= 11 is 18.1. The topological polar surface area (TPSA) is 95.9 Å². The lowest BCUT2D eigenvalue weighted by atomic mass is 10.1. The van der Waals surface area contributed by atoms with Crippen LogP contribution in [0.2, 0.25) is 10.0 Å². The molecule has 37 heavy (non-hydrogen) atoms. The molecule has 7 nitrogen and oxygen atoms in total. The van der Waals surface area contributed by atoms with Crippen LogP contribution < -0.4 is 15.0 Å². The molecule has 1 heterocycles. The molecule has 0 saturated carbocycles. The number of nitrogens with zero attached hydrogens (tertiary/aromatic N) is 1. The average molecular weight is 555 g/mol. The highest BCUT2D eigenvalue weighted by Gasteiger charge is 2.34. The summed E-state index contributed by atoms with van der Waals surface area (Å²) in [4.78, 5) is 38.1. The molecule has 1 saturated heterocycles. The maximum atomic E-state index is 13.2. The van der Waals surface area contributed by atoms with Gasteiger partial charge in [-0.05, 0) is 77.8 Å². The monoisotopic (exact) mass is 554 g/mol. The van der Waals surface area contributed by atoms with Gasteiger partial charge in [-0.25, -0.2) is 4.79 Å². The largest absolute Gasteiger partial charge is 0.486 e. The summed E-state index contributed by atoms with van der Waals surface area (Å²) in [7, 11) is 0. The molecule has 0 radical (unpaired) electrons. The second-order valence-electron chi connectivity index (χ2n) is 8.08. The SMILES string of the molecule is CCc1ccc(N2C(=O)/C(=C\c3cc(Cl)c(OCc4ccc(C(=O)O)cc4)c(Cl)c3)C(=O)NC2=S)cc1. The van der Waals surface area contributed by atoms with E-state index in [9.17, 15) is 14.4 Å². The lowest BCUT2D eigenvalue weighted by molar-refractivity contribution is -0.122. The highest BCUT2D eigenvalue weighted by Crippen LogP contribution is 2.36. The summed E-state index contributed by atoms with van der Waals surface area (Å²) in [6.07, 6.45) is 2.23. The van der Waals surface area contributed by atoms with Crippen LogP contribution in [0.3, 0.4) is 0 Å². The zero-order valence-electron chi connectivity index (χ0n) is 19.5. The molecule has 0 spiro atoms. The number of rotatable bonds is 7. The van der Waals surface area contributed by atoms with Gasteiger partial charge in [0.25, 0.3) is 11.8 Å². The molecule has 1 fully saturated rings. The molecule has 188 valence electrons. The van der Waals surface area contributed by atoms with Gasteiger partial charge in [-0.1, -0.05) is 54.4 Å². The van der Waals surface area contributed by atoms with Crippen molar-refractivity contribution in [2.24, 2.45) is 0 Å². The lowest BCUT2D eigenvalue weighted by Crippen LogP contribution is -2.54. The van der Waals surface area contributed by atoms with E-state index >= 15 is 0 Å². The van der Waals surface area contributed by atoms with Crippen molar-refractivity contribution in [1.29, 1.82) is 0 Å². The van der Waals surface area contributed by atoms with Crippen LogP contribution in [0.1, 0.15) is 34.0 Å². The fourth-order valence-electron chi connectivity index (χ4n) is 3.64. The molecule has 0 aromatic heterocycles. The first-order valence-electron chi connectivity index (χ1n) is 11.1. The molecule has 2 amide bonds. The van der Waals surface area contributed by atoms with Gasteiger partial charge in [-0.15, -0.1) is 0 Å². The Hall–Kier alpha value is -3.72. The number of nitrogens with one attached hydrogen (secondary N) is 1. The van der Waals surface area contributed by atoms with Crippen molar-refractivity contribution in [2.45, 2.75) is 20.0 Å². The third-order valence-electron chi connectivity index (χ3n) is 5.62. The molecule has 1 aliphatic rings. The Labute approximate surface area is 228 Å². The molecular formula is C27H20Cl2N2O5S. The van der Waals surface area contributed by atoms with Crippen molar-refractivity contribution in [3.8, 4) is 5.75 Å². The number of carbonyl (C=O) groups is 3. The van der Waals surface area contributed by atoms with Gasteiger partial charge >= 0.3 is 5.97 Å². The van der Waals surface area contributed by atoms with Gasteiger partial charge in [0.1, 0.15) is 12.2 Å². The second kappa shape index (κ2) is 11.1. The van der Waals surface area contributed by atoms with E-state index in [1.54, 1.807) is 24.3 Å². The summed E-state index contributed by atoms with van der Waals surface area (Å²) in [5.41, 5.74) is 2.80. The van der Waals surface area contributed by atoms with Crippen LogP contribution in [-0.2, 0) is 22.6 Å². The number of carboxylic acids is 1. The molecule has 1 aliphatic heterocycles. The molecule has 3 aromatic carbocycles. The zero-order valence-corrected chi connectivity index (χ0v) is 21.8. The van der Waals surface area contributed by atoms with Crippen LogP contribution in [0.4, 0.5) is 5.69 Å². The molecule has 4 rings (SSSR count). The molecule has 2 N–H and O–H groups in total. The zero-order chi connectivity index (χ0) is 26.7. The van der Waals surface area contributed by atoms with Crippen LogP contribution in [0.15, 0.2) is 66.2 Å². The van der Waals surface area contributed by atoms with Gasteiger partial charge in [0.2, 0.25) is 0 Å². The second-order valence-corrected chi connectivity index (χ2v) is 9.28. The number of hydrogen-bond acceptors (Lipinski definition) is 5. The van der Waals surface area contributed by atoms with E-state index in [-0.39, 0.29) is 38.7 Å². The summed E-state index contributed by atoms with van der Waals surface area (Å²) in [6.45, 7) is 2.13. The van der Waals surface area contributed by atoms with Gasteiger partial charge in [-0.2, -0.15) is 0 Å². The van der Waals surface area contributed by atoms with Gasteiger partial charge in [0.05, 0.1) is 21.3 Å². The Kier molecular flexibility index (Phi) is 7.92. The molecule has 3 aromatic rings. The van der Waals surface area contributed by atoms with Crippen LogP contribution in [0.25, 0.3) is 6.08 Å². The minimum atomic E-state index is -1.02. The number of aryl methyl sites for hydroxylation is 1. The fraction of sp³-hybridized carbons (Fsp3) is 0.111. The quantitative estimate of drug-likeness (QED) is 0.222. The molecule has 0 atom stereocenters. The van der Waals surface area contributed by atoms with Crippen molar-refractivity contribution < 1.29 is 24.2 Å². The average Bonchev–Trinajstić information content (AvgIpc) is 2.86. The predicted molar refractivity (Wildman–Crippen MR) is 146 cm³/mol. The minimum absolute atomic E-state index is 0.00685. The van der Waals surface area contributed by atoms with Crippen LogP contribution in [0.5, 0.6) is 5.75 Å². The third kappa shape index (κ3) is 5.83. The number of thiocarbonyl (C=S) groups is 1. The predicted octanol–water partition coefficient (Wildman–Crippen LogP) is 5.66. The Morgan fingerprint density at radius 3 is 2.19 bits per heavy atom. The first-order valence-corrected chi connectivity index (χ1v) is 12.3. The van der Waals surface area contributed by atoms with Crippen LogP contribution in [0, 0.1) is 0 Å². The third-order valence-corrected chi connectivity index (χ3v) is 6.47. The first-order chi connectivity index (χ1) is 17.7. The number of halogens is 2. The maximum Gasteiger partial charge on any atom is 0.335 e. The van der Waals surface area contributed by atoms with Crippen molar-refractivity contribution in [1.82, 2.24) is 5.32 Å². The van der Waals surface area contributed by atoms with Gasteiger partial charge in [0.15, 0.2) is 10.9 Å². The van der Waals surface area contributed by atoms with Gasteiger partial charge < -0.3 is 9.84 Å². The van der Waals surface area contributed by atoms with Crippen LogP contribution >= 0.6 is 35.4 Å². The Morgan fingerprint density at radius 2 is 1.62 bits per heavy atom. The van der Waals surface area contributed by atoms with E-state index in [1.807, 2.05) is 19.1 Å². The maximum absolute atomic E-state index is 13.2. The van der Waals surface area contributed by atoms with E-state index in [4.69, 9.17) is 45.3 Å². The number of anilines is 1. The van der Waals surface area contributed by atoms with E-state index < -0.39 is 17.8 Å². The minimum Gasteiger partial charge on any atom is -0.486 e. The van der Waals surface area contributed by atoms with Crippen molar-refractivity contribution in [3.63, 3.8) is 0 Å². The Balaban J connectivity index is 1.56. The normalized spacial score (nSPS) is 14.6. The van der Waals surface area contributed by atoms with E-state index in [1.165, 1.54) is 35.2 Å². The number of ether oxygens (including phenoxy) is 1. The lowest BCUT2D eigenvalue weighted by Gasteiger charge is -2.29. The Morgan fingerprint density at radius 1 is 1.03 bits per heavy atom. The molecular weight excluding hydrogens is 535 g/mol. The van der Waals surface area contributed by atoms with E-state index in [0.29, 0.717) is 11.3 Å². The van der Waals surface area contributed by atoms with Crippen molar-refractivity contribution >= 4 is 70.1 Å². The fourth-order valence-corrected chi connectivity index (χ4v) is 4.53. The number of benzene rings is 3. The standard InChI is InChI=1S/C27H20Cl2N2O5S/c1-2-15-5-9-19(10-6-15)31-25(33)20(24(32)30-27(31)37)11-17-12-21(28)23(22(29)13-17)36-14-16-3-7-18(8-4-16)26(34)35/h3-13H,2,14H2,1H3,(H,34,35)(H,30,32,37)/b20-11-. The van der Waals surface area contributed by atoms with Gasteiger partial charge in [0, 0.05) is 0 Å². The number of hydrogen-bond donors (Lipinski definition) is 2. The molecule has 0 bridgehead atoms. The van der Waals surface area contributed by atoms with Crippen molar-refractivity contribution in [3.05, 3.63) is 98.5 Å². The summed E-state index contributed by atoms with van der Waals surface area (Å²) < 4.78 is 5.75. The van der Waals surface area contributed by atoms with Crippen LogP contribution in [-0.4, -0.2) is 28.0 Å². The number of aromatic carboxylic acids is 1. The smallest absolute Gasteiger partial charge is 0.335 e. The highest BCUT2D eigenvalue weighted by atomic mass is 35.5. The summed E-state index contributed by atoms with van der Waals surface area (Å²) in [5.74, 6) is -2.01. The summed E-state index contributed by atoms with van der Waals surface area (Å²) in [6, 6.07) is 16.6. The number of amides is 2. The first kappa shape index (κ1) is 26.3. The number of carboxylic acid groups (broad SMARTS) is 1. The molecule has 0 aliphatic carbocycles. The van der Waals surface area contributed by atoms with Gasteiger partial charge in [-0.3, -0.25) is 19.8 Å². The number of carbonyl (C=O) groups excluding carboxylic acids is 2. The van der Waals surface area contributed by atoms with Crippen molar-refractivity contribution in [2.75, 3.05) is 4.90 Å². The highest BCUT2D eigenvalue weighted by molar-refractivity contribution is 7.80. The molecule has 0 unspecified atom stereocenters.